The molecule has 1 aliphatic rings. The summed E-state index contributed by atoms with van der Waals surface area (Å²) in [5.74, 6) is -1.93. The molecule has 0 saturated carbocycles. The molecular weight excluding hydrogens is 247 g/mol. The number of nitrogens with zero attached hydrogens (tertiary/aromatic N) is 1. The minimum atomic E-state index is -1.23. The molecule has 0 bridgehead atoms. The highest BCUT2D eigenvalue weighted by atomic mass is 19.1. The van der Waals surface area contributed by atoms with Crippen molar-refractivity contribution in [2.24, 2.45) is 0 Å². The number of aromatic carboxylic acids is 1. The van der Waals surface area contributed by atoms with E-state index in [4.69, 9.17) is 5.11 Å². The summed E-state index contributed by atoms with van der Waals surface area (Å²) in [7, 11) is 0. The largest absolute Gasteiger partial charge is 0.478 e. The zero-order chi connectivity index (χ0) is 13.8. The van der Waals surface area contributed by atoms with Gasteiger partial charge in [0.25, 0.3) is 0 Å². The molecule has 1 aliphatic heterocycles. The van der Waals surface area contributed by atoms with E-state index in [1.54, 1.807) is 6.07 Å². The van der Waals surface area contributed by atoms with Crippen molar-refractivity contribution < 1.29 is 14.3 Å². The number of piperidine rings is 1. The normalized spacial score (nSPS) is 17.4. The van der Waals surface area contributed by atoms with Crippen molar-refractivity contribution in [3.05, 3.63) is 29.6 Å². The van der Waals surface area contributed by atoms with Crippen LogP contribution in [-0.2, 0) is 0 Å². The van der Waals surface area contributed by atoms with Gasteiger partial charge in [0.05, 0.1) is 5.56 Å². The summed E-state index contributed by atoms with van der Waals surface area (Å²) in [6, 6.07) is 4.49. The zero-order valence-electron chi connectivity index (χ0n) is 11.0. The van der Waals surface area contributed by atoms with E-state index in [1.165, 1.54) is 12.1 Å². The third-order valence-electron chi connectivity index (χ3n) is 3.60. The van der Waals surface area contributed by atoms with E-state index in [-0.39, 0.29) is 5.56 Å². The standard InChI is InChI=1S/C14H19FN2O2/c1-2-17-7-5-10(6-8-17)16-11-3-4-13(15)12(9-11)14(18)19/h3-4,9-10,16H,2,5-8H2,1H3,(H,18,19). The van der Waals surface area contributed by atoms with Gasteiger partial charge in [0.1, 0.15) is 5.82 Å². The predicted molar refractivity (Wildman–Crippen MR) is 72.1 cm³/mol. The molecule has 1 fully saturated rings. The van der Waals surface area contributed by atoms with Gasteiger partial charge in [0, 0.05) is 24.8 Å². The van der Waals surface area contributed by atoms with Crippen molar-refractivity contribution in [1.29, 1.82) is 0 Å². The minimum absolute atomic E-state index is 0.281. The van der Waals surface area contributed by atoms with Crippen molar-refractivity contribution in [3.63, 3.8) is 0 Å². The molecule has 0 spiro atoms. The summed E-state index contributed by atoms with van der Waals surface area (Å²) >= 11 is 0. The smallest absolute Gasteiger partial charge is 0.338 e. The number of anilines is 1. The highest BCUT2D eigenvalue weighted by molar-refractivity contribution is 5.89. The van der Waals surface area contributed by atoms with E-state index < -0.39 is 11.8 Å². The SMILES string of the molecule is CCN1CCC(Nc2ccc(F)c(C(=O)O)c2)CC1. The van der Waals surface area contributed by atoms with Crippen LogP contribution in [0.1, 0.15) is 30.1 Å². The van der Waals surface area contributed by atoms with Crippen LogP contribution in [0.3, 0.4) is 0 Å². The molecule has 1 heterocycles. The molecular formula is C14H19FN2O2. The summed E-state index contributed by atoms with van der Waals surface area (Å²) in [6.45, 7) is 5.29. The van der Waals surface area contributed by atoms with Crippen LogP contribution < -0.4 is 5.32 Å². The summed E-state index contributed by atoms with van der Waals surface area (Å²) in [6.07, 6.45) is 2.04. The molecule has 19 heavy (non-hydrogen) atoms. The molecule has 1 saturated heterocycles. The summed E-state index contributed by atoms with van der Waals surface area (Å²) in [4.78, 5) is 13.3. The average molecular weight is 266 g/mol. The van der Waals surface area contributed by atoms with E-state index >= 15 is 0 Å². The first kappa shape index (κ1) is 13.8. The number of rotatable bonds is 4. The maximum Gasteiger partial charge on any atom is 0.338 e. The number of nitrogens with one attached hydrogen (secondary N) is 1. The summed E-state index contributed by atoms with van der Waals surface area (Å²) in [5.41, 5.74) is 0.393. The fourth-order valence-corrected chi connectivity index (χ4v) is 2.41. The molecule has 4 nitrogen and oxygen atoms in total. The number of benzene rings is 1. The first-order valence-electron chi connectivity index (χ1n) is 6.62. The molecule has 0 amide bonds. The first-order valence-corrected chi connectivity index (χ1v) is 6.62. The number of hydrogen-bond donors (Lipinski definition) is 2. The number of carboxylic acid groups (broad SMARTS) is 1. The van der Waals surface area contributed by atoms with Gasteiger partial charge in [-0.05, 0) is 37.6 Å². The van der Waals surface area contributed by atoms with Gasteiger partial charge in [0.15, 0.2) is 0 Å². The lowest BCUT2D eigenvalue weighted by atomic mass is 10.0. The Morgan fingerprint density at radius 3 is 2.74 bits per heavy atom. The van der Waals surface area contributed by atoms with Crippen LogP contribution in [0.2, 0.25) is 0 Å². The molecule has 2 N–H and O–H groups in total. The Hall–Kier alpha value is -1.62. The summed E-state index contributed by atoms with van der Waals surface area (Å²) in [5, 5.41) is 12.2. The van der Waals surface area contributed by atoms with Gasteiger partial charge in [-0.3, -0.25) is 0 Å². The van der Waals surface area contributed by atoms with Crippen LogP contribution in [0, 0.1) is 5.82 Å². The second kappa shape index (κ2) is 6.02. The highest BCUT2D eigenvalue weighted by Gasteiger charge is 2.18. The van der Waals surface area contributed by atoms with Gasteiger partial charge in [-0.15, -0.1) is 0 Å². The van der Waals surface area contributed by atoms with E-state index in [0.717, 1.165) is 32.5 Å². The molecule has 1 aromatic carbocycles. The van der Waals surface area contributed by atoms with Crippen molar-refractivity contribution >= 4 is 11.7 Å². The maximum atomic E-state index is 13.3. The van der Waals surface area contributed by atoms with Crippen molar-refractivity contribution in [1.82, 2.24) is 4.90 Å². The lowest BCUT2D eigenvalue weighted by molar-refractivity contribution is 0.0692. The highest BCUT2D eigenvalue weighted by Crippen LogP contribution is 2.19. The molecule has 0 aliphatic carbocycles. The Morgan fingerprint density at radius 2 is 2.16 bits per heavy atom. The van der Waals surface area contributed by atoms with E-state index in [2.05, 4.69) is 17.1 Å². The molecule has 104 valence electrons. The second-order valence-corrected chi connectivity index (χ2v) is 4.85. The Kier molecular flexibility index (Phi) is 4.37. The van der Waals surface area contributed by atoms with Gasteiger partial charge in [0.2, 0.25) is 0 Å². The minimum Gasteiger partial charge on any atom is -0.478 e. The Bertz CT molecular complexity index is 457. The lowest BCUT2D eigenvalue weighted by Crippen LogP contribution is -2.38. The van der Waals surface area contributed by atoms with Gasteiger partial charge < -0.3 is 15.3 Å². The van der Waals surface area contributed by atoms with Crippen molar-refractivity contribution in [2.45, 2.75) is 25.8 Å². The van der Waals surface area contributed by atoms with Crippen LogP contribution in [0.5, 0.6) is 0 Å². The topological polar surface area (TPSA) is 52.6 Å². The number of hydrogen-bond acceptors (Lipinski definition) is 3. The molecule has 0 radical (unpaired) electrons. The van der Waals surface area contributed by atoms with Crippen LogP contribution in [0.15, 0.2) is 18.2 Å². The number of carboxylic acids is 1. The summed E-state index contributed by atoms with van der Waals surface area (Å²) < 4.78 is 13.3. The first-order chi connectivity index (χ1) is 9.10. The fraction of sp³-hybridized carbons (Fsp3) is 0.500. The second-order valence-electron chi connectivity index (χ2n) is 4.85. The molecule has 0 atom stereocenters. The van der Waals surface area contributed by atoms with Gasteiger partial charge >= 0.3 is 5.97 Å². The number of halogens is 1. The number of carbonyl (C=O) groups is 1. The Labute approximate surface area is 112 Å². The fourth-order valence-electron chi connectivity index (χ4n) is 2.41. The molecule has 5 heteroatoms. The van der Waals surface area contributed by atoms with Gasteiger partial charge in [-0.2, -0.15) is 0 Å². The van der Waals surface area contributed by atoms with Crippen LogP contribution in [-0.4, -0.2) is 41.7 Å². The Morgan fingerprint density at radius 1 is 1.47 bits per heavy atom. The predicted octanol–water partition coefficient (Wildman–Crippen LogP) is 2.42. The van der Waals surface area contributed by atoms with Crippen LogP contribution in [0.4, 0.5) is 10.1 Å². The van der Waals surface area contributed by atoms with E-state index in [9.17, 15) is 9.18 Å². The van der Waals surface area contributed by atoms with Crippen LogP contribution in [0.25, 0.3) is 0 Å². The quantitative estimate of drug-likeness (QED) is 0.878. The molecule has 0 aromatic heterocycles. The molecule has 2 rings (SSSR count). The molecule has 0 unspecified atom stereocenters. The van der Waals surface area contributed by atoms with Gasteiger partial charge in [-0.1, -0.05) is 6.92 Å². The third kappa shape index (κ3) is 3.44. The van der Waals surface area contributed by atoms with Crippen LogP contribution >= 0.6 is 0 Å². The maximum absolute atomic E-state index is 13.3. The Balaban J connectivity index is 2.00. The molecule has 1 aromatic rings. The number of likely N-dealkylation sites (tertiary alicyclic amines) is 1. The van der Waals surface area contributed by atoms with E-state index in [0.29, 0.717) is 11.7 Å². The van der Waals surface area contributed by atoms with Crippen molar-refractivity contribution in [2.75, 3.05) is 25.0 Å². The monoisotopic (exact) mass is 266 g/mol. The third-order valence-corrected chi connectivity index (χ3v) is 3.60. The average Bonchev–Trinajstić information content (AvgIpc) is 2.41. The zero-order valence-corrected chi connectivity index (χ0v) is 11.0. The van der Waals surface area contributed by atoms with E-state index in [1.807, 2.05) is 0 Å². The lowest BCUT2D eigenvalue weighted by Gasteiger charge is -2.32. The van der Waals surface area contributed by atoms with Gasteiger partial charge in [-0.25, -0.2) is 9.18 Å². The van der Waals surface area contributed by atoms with Crippen molar-refractivity contribution in [3.8, 4) is 0 Å².